The van der Waals surface area contributed by atoms with Crippen molar-refractivity contribution < 1.29 is 9.90 Å². The molecule has 2 rings (SSSR count). The predicted molar refractivity (Wildman–Crippen MR) is 71.9 cm³/mol. The second-order valence-electron chi connectivity index (χ2n) is 4.14. The minimum Gasteiger partial charge on any atom is -0.478 e. The molecule has 0 bridgehead atoms. The van der Waals surface area contributed by atoms with Crippen LogP contribution in [0.2, 0.25) is 0 Å². The lowest BCUT2D eigenvalue weighted by atomic mass is 10.2. The van der Waals surface area contributed by atoms with Crippen LogP contribution in [0, 0.1) is 13.8 Å². The van der Waals surface area contributed by atoms with E-state index in [-0.39, 0.29) is 0 Å². The lowest BCUT2D eigenvalue weighted by Gasteiger charge is -2.05. The number of carboxylic acids is 1. The molecule has 0 aliphatic rings. The minimum atomic E-state index is -0.925. The van der Waals surface area contributed by atoms with Gasteiger partial charge < -0.3 is 5.11 Å². The fourth-order valence-corrected chi connectivity index (χ4v) is 2.42. The van der Waals surface area contributed by atoms with E-state index in [4.69, 9.17) is 5.11 Å². The van der Waals surface area contributed by atoms with Gasteiger partial charge in [-0.25, -0.2) is 4.79 Å². The number of carboxylic acid groups (broad SMARTS) is 1. The Kier molecular flexibility index (Phi) is 3.52. The molecule has 4 nitrogen and oxygen atoms in total. The normalized spacial score (nSPS) is 10.6. The maximum absolute atomic E-state index is 11.1. The summed E-state index contributed by atoms with van der Waals surface area (Å²) in [4.78, 5) is 11.1. The lowest BCUT2D eigenvalue weighted by molar-refractivity contribution is 0.0695. The third-order valence-corrected chi connectivity index (χ3v) is 3.31. The van der Waals surface area contributed by atoms with E-state index in [9.17, 15) is 4.79 Å². The lowest BCUT2D eigenvalue weighted by Crippen LogP contribution is -2.05. The van der Waals surface area contributed by atoms with E-state index in [1.807, 2.05) is 24.3 Å². The van der Waals surface area contributed by atoms with Gasteiger partial charge in [-0.3, -0.25) is 4.68 Å². The van der Waals surface area contributed by atoms with Crippen molar-refractivity contribution in [2.45, 2.75) is 20.4 Å². The van der Waals surface area contributed by atoms with Crippen LogP contribution in [-0.2, 0) is 6.54 Å². The predicted octanol–water partition coefficient (Wildman–Crippen LogP) is 3.01. The molecule has 0 radical (unpaired) electrons. The van der Waals surface area contributed by atoms with Gasteiger partial charge in [-0.2, -0.15) is 5.10 Å². The Morgan fingerprint density at radius 3 is 2.72 bits per heavy atom. The third kappa shape index (κ3) is 2.46. The van der Waals surface area contributed by atoms with Crippen molar-refractivity contribution in [3.63, 3.8) is 0 Å². The second kappa shape index (κ2) is 4.94. The largest absolute Gasteiger partial charge is 0.478 e. The van der Waals surface area contributed by atoms with Gasteiger partial charge in [0.25, 0.3) is 0 Å². The Labute approximate surface area is 113 Å². The number of nitrogens with zero attached hydrogens (tertiary/aromatic N) is 2. The zero-order chi connectivity index (χ0) is 13.3. The molecule has 0 spiro atoms. The van der Waals surface area contributed by atoms with Crippen molar-refractivity contribution in [1.82, 2.24) is 9.78 Å². The standard InChI is InChI=1S/C13H13BrN2O2/c1-8-12(13(17)18)9(2)16(15-8)7-10-4-3-5-11(14)6-10/h3-6H,7H2,1-2H3,(H,17,18). The first-order chi connectivity index (χ1) is 8.49. The van der Waals surface area contributed by atoms with E-state index in [0.29, 0.717) is 23.5 Å². The van der Waals surface area contributed by atoms with Crippen molar-refractivity contribution in [3.05, 3.63) is 51.3 Å². The molecule has 18 heavy (non-hydrogen) atoms. The molecule has 1 heterocycles. The van der Waals surface area contributed by atoms with Crippen LogP contribution in [0.4, 0.5) is 0 Å². The first-order valence-corrected chi connectivity index (χ1v) is 6.30. The van der Waals surface area contributed by atoms with Crippen molar-refractivity contribution in [2.24, 2.45) is 0 Å². The molecule has 2 aromatic rings. The molecule has 0 saturated heterocycles. The SMILES string of the molecule is Cc1nn(Cc2cccc(Br)c2)c(C)c1C(=O)O. The molecule has 94 valence electrons. The van der Waals surface area contributed by atoms with Gasteiger partial charge >= 0.3 is 5.97 Å². The van der Waals surface area contributed by atoms with Gasteiger partial charge in [-0.1, -0.05) is 28.1 Å². The smallest absolute Gasteiger partial charge is 0.339 e. The monoisotopic (exact) mass is 308 g/mol. The number of hydrogen-bond acceptors (Lipinski definition) is 2. The molecule has 0 fully saturated rings. The Morgan fingerprint density at radius 1 is 1.44 bits per heavy atom. The molecule has 0 saturated carbocycles. The third-order valence-electron chi connectivity index (χ3n) is 2.82. The summed E-state index contributed by atoms with van der Waals surface area (Å²) >= 11 is 3.41. The fraction of sp³-hybridized carbons (Fsp3) is 0.231. The van der Waals surface area contributed by atoms with Gasteiger partial charge in [0.05, 0.1) is 17.9 Å². The molecule has 0 amide bonds. The second-order valence-corrected chi connectivity index (χ2v) is 5.05. The quantitative estimate of drug-likeness (QED) is 0.948. The van der Waals surface area contributed by atoms with Crippen LogP contribution in [0.3, 0.4) is 0 Å². The summed E-state index contributed by atoms with van der Waals surface area (Å²) < 4.78 is 2.72. The number of aromatic nitrogens is 2. The van der Waals surface area contributed by atoms with Gasteiger partial charge in [0.15, 0.2) is 0 Å². The highest BCUT2D eigenvalue weighted by molar-refractivity contribution is 9.10. The van der Waals surface area contributed by atoms with E-state index < -0.39 is 5.97 Å². The highest BCUT2D eigenvalue weighted by atomic mass is 79.9. The van der Waals surface area contributed by atoms with Crippen LogP contribution in [-0.4, -0.2) is 20.9 Å². The molecular weight excluding hydrogens is 296 g/mol. The van der Waals surface area contributed by atoms with Crippen LogP contribution in [0.1, 0.15) is 27.3 Å². The summed E-state index contributed by atoms with van der Waals surface area (Å²) in [6, 6.07) is 7.88. The Bertz CT molecular complexity index is 605. The first-order valence-electron chi connectivity index (χ1n) is 5.51. The van der Waals surface area contributed by atoms with E-state index >= 15 is 0 Å². The Hall–Kier alpha value is -1.62. The zero-order valence-electron chi connectivity index (χ0n) is 10.1. The molecule has 0 unspecified atom stereocenters. The van der Waals surface area contributed by atoms with Crippen LogP contribution >= 0.6 is 15.9 Å². The zero-order valence-corrected chi connectivity index (χ0v) is 11.7. The number of hydrogen-bond donors (Lipinski definition) is 1. The topological polar surface area (TPSA) is 55.1 Å². The molecule has 0 aliphatic carbocycles. The average Bonchev–Trinajstić information content (AvgIpc) is 2.54. The summed E-state index contributed by atoms with van der Waals surface area (Å²) in [7, 11) is 0. The van der Waals surface area contributed by atoms with Gasteiger partial charge in [0.1, 0.15) is 5.56 Å². The van der Waals surface area contributed by atoms with Crippen molar-refractivity contribution in [2.75, 3.05) is 0 Å². The summed E-state index contributed by atoms with van der Waals surface area (Å²) in [5.41, 5.74) is 2.60. The molecule has 1 N–H and O–H groups in total. The highest BCUT2D eigenvalue weighted by Crippen LogP contribution is 2.16. The van der Waals surface area contributed by atoms with Crippen LogP contribution in [0.15, 0.2) is 28.7 Å². The number of aryl methyl sites for hydroxylation is 1. The molecule has 0 aliphatic heterocycles. The van der Waals surface area contributed by atoms with E-state index in [2.05, 4.69) is 21.0 Å². The van der Waals surface area contributed by atoms with Gasteiger partial charge in [-0.15, -0.1) is 0 Å². The molecule has 1 aromatic heterocycles. The van der Waals surface area contributed by atoms with Crippen molar-refractivity contribution in [1.29, 1.82) is 0 Å². The summed E-state index contributed by atoms with van der Waals surface area (Å²) in [5, 5.41) is 13.4. The maximum Gasteiger partial charge on any atom is 0.339 e. The van der Waals surface area contributed by atoms with Crippen molar-refractivity contribution in [3.8, 4) is 0 Å². The summed E-state index contributed by atoms with van der Waals surface area (Å²) in [5.74, 6) is -0.925. The number of carbonyl (C=O) groups is 1. The number of aromatic carboxylic acids is 1. The Morgan fingerprint density at radius 2 is 2.17 bits per heavy atom. The number of rotatable bonds is 3. The minimum absolute atomic E-state index is 0.296. The van der Waals surface area contributed by atoms with Gasteiger partial charge in [0.2, 0.25) is 0 Å². The van der Waals surface area contributed by atoms with E-state index in [0.717, 1.165) is 10.0 Å². The van der Waals surface area contributed by atoms with Crippen molar-refractivity contribution >= 4 is 21.9 Å². The maximum atomic E-state index is 11.1. The summed E-state index contributed by atoms with van der Waals surface area (Å²) in [6.07, 6.45) is 0. The number of halogens is 1. The van der Waals surface area contributed by atoms with Crippen LogP contribution in [0.5, 0.6) is 0 Å². The molecule has 5 heteroatoms. The Balaban J connectivity index is 2.36. The molecular formula is C13H13BrN2O2. The van der Waals surface area contributed by atoms with E-state index in [1.165, 1.54) is 0 Å². The highest BCUT2D eigenvalue weighted by Gasteiger charge is 2.17. The van der Waals surface area contributed by atoms with Gasteiger partial charge in [-0.05, 0) is 31.5 Å². The molecule has 0 atom stereocenters. The van der Waals surface area contributed by atoms with Crippen LogP contribution in [0.25, 0.3) is 0 Å². The average molecular weight is 309 g/mol. The number of benzene rings is 1. The molecule has 1 aromatic carbocycles. The first kappa shape index (κ1) is 12.8. The summed E-state index contributed by atoms with van der Waals surface area (Å²) in [6.45, 7) is 4.06. The fourth-order valence-electron chi connectivity index (χ4n) is 1.97. The van der Waals surface area contributed by atoms with E-state index in [1.54, 1.807) is 18.5 Å². The van der Waals surface area contributed by atoms with Crippen LogP contribution < -0.4 is 0 Å². The van der Waals surface area contributed by atoms with Gasteiger partial charge in [0, 0.05) is 4.47 Å².